The average Bonchev–Trinajstić information content (AvgIpc) is 3.38. The number of benzene rings is 1. The first kappa shape index (κ1) is 15.6. The fourth-order valence-corrected chi connectivity index (χ4v) is 4.71. The van der Waals surface area contributed by atoms with Gasteiger partial charge in [-0.3, -0.25) is 9.59 Å². The number of fused-ring (bicyclic) bond motifs is 3. The number of ether oxygens (including phenoxy) is 1. The molecule has 1 saturated carbocycles. The van der Waals surface area contributed by atoms with E-state index in [1.54, 1.807) is 0 Å². The van der Waals surface area contributed by atoms with Gasteiger partial charge in [0.1, 0.15) is 5.75 Å². The lowest BCUT2D eigenvalue weighted by molar-refractivity contribution is -0.120. The maximum atomic E-state index is 12.5. The predicted molar refractivity (Wildman–Crippen MR) is 99.1 cm³/mol. The van der Waals surface area contributed by atoms with E-state index >= 15 is 0 Å². The van der Waals surface area contributed by atoms with Crippen molar-refractivity contribution < 1.29 is 14.3 Å². The van der Waals surface area contributed by atoms with Crippen LogP contribution in [0.4, 0.5) is 10.8 Å². The molecular weight excluding hydrogens is 350 g/mol. The van der Waals surface area contributed by atoms with Gasteiger partial charge in [-0.2, -0.15) is 0 Å². The van der Waals surface area contributed by atoms with Gasteiger partial charge in [-0.15, -0.1) is 11.3 Å². The molecular formula is C19H17N3O3S. The standard InChI is InChI=1S/C19H17N3O3S/c23-17-8-25-16-4-3-12(7-14(16)20-17)15-9-26-19(21-15)22-18(24)13-6-10-1-2-11(13)5-10/h1-4,7,9-11,13H,5-6,8H2,(H,20,23)(H,21,22,24). The maximum absolute atomic E-state index is 12.5. The highest BCUT2D eigenvalue weighted by Gasteiger charge is 2.39. The van der Waals surface area contributed by atoms with Crippen molar-refractivity contribution in [2.24, 2.45) is 17.8 Å². The van der Waals surface area contributed by atoms with Crippen molar-refractivity contribution in [1.29, 1.82) is 0 Å². The molecule has 2 aromatic rings. The first-order valence-electron chi connectivity index (χ1n) is 8.67. The number of allylic oxidation sites excluding steroid dienone is 2. The number of thiazole rings is 1. The number of anilines is 2. The van der Waals surface area contributed by atoms with Gasteiger partial charge in [-0.25, -0.2) is 4.98 Å². The zero-order chi connectivity index (χ0) is 17.7. The minimum atomic E-state index is -0.166. The lowest BCUT2D eigenvalue weighted by Crippen LogP contribution is -2.25. The molecule has 2 aliphatic carbocycles. The number of carbonyl (C=O) groups is 2. The third-order valence-electron chi connectivity index (χ3n) is 5.26. The Hall–Kier alpha value is -2.67. The third kappa shape index (κ3) is 2.68. The summed E-state index contributed by atoms with van der Waals surface area (Å²) in [4.78, 5) is 28.5. The van der Waals surface area contributed by atoms with E-state index < -0.39 is 0 Å². The maximum Gasteiger partial charge on any atom is 0.262 e. The first-order valence-corrected chi connectivity index (χ1v) is 9.55. The molecule has 1 aliphatic heterocycles. The first-order chi connectivity index (χ1) is 12.7. The minimum absolute atomic E-state index is 0.0391. The highest BCUT2D eigenvalue weighted by atomic mass is 32.1. The molecule has 5 rings (SSSR count). The molecule has 0 radical (unpaired) electrons. The van der Waals surface area contributed by atoms with Crippen LogP contribution in [0.3, 0.4) is 0 Å². The highest BCUT2D eigenvalue weighted by molar-refractivity contribution is 7.14. The van der Waals surface area contributed by atoms with E-state index in [0.29, 0.717) is 28.4 Å². The van der Waals surface area contributed by atoms with Crippen molar-refractivity contribution in [2.75, 3.05) is 17.2 Å². The topological polar surface area (TPSA) is 80.3 Å². The number of hydrogen-bond donors (Lipinski definition) is 2. The minimum Gasteiger partial charge on any atom is -0.482 e. The number of hydrogen-bond acceptors (Lipinski definition) is 5. The average molecular weight is 367 g/mol. The molecule has 3 aliphatic rings. The SMILES string of the molecule is O=C1COc2ccc(-c3csc(NC(=O)C4CC5C=CC4C5)n3)cc2N1. The van der Waals surface area contributed by atoms with Crippen LogP contribution in [-0.2, 0) is 9.59 Å². The second-order valence-electron chi connectivity index (χ2n) is 6.96. The Balaban J connectivity index is 1.32. The van der Waals surface area contributed by atoms with Crippen LogP contribution in [0.15, 0.2) is 35.7 Å². The van der Waals surface area contributed by atoms with Gasteiger partial charge in [0, 0.05) is 16.9 Å². The summed E-state index contributed by atoms with van der Waals surface area (Å²) in [6.07, 6.45) is 6.45. The monoisotopic (exact) mass is 367 g/mol. The Kier molecular flexibility index (Phi) is 3.56. The van der Waals surface area contributed by atoms with Crippen LogP contribution in [0.1, 0.15) is 12.8 Å². The molecule has 6 nitrogen and oxygen atoms in total. The molecule has 3 atom stereocenters. The summed E-state index contributed by atoms with van der Waals surface area (Å²) >= 11 is 1.41. The van der Waals surface area contributed by atoms with Crippen LogP contribution in [-0.4, -0.2) is 23.4 Å². The summed E-state index contributed by atoms with van der Waals surface area (Å²) in [5, 5.41) is 8.28. The molecule has 2 amide bonds. The molecule has 2 bridgehead atoms. The van der Waals surface area contributed by atoms with Crippen molar-refractivity contribution in [3.05, 3.63) is 35.7 Å². The summed E-state index contributed by atoms with van der Waals surface area (Å²) in [6, 6.07) is 5.56. The van der Waals surface area contributed by atoms with E-state index in [0.717, 1.165) is 24.1 Å². The lowest BCUT2D eigenvalue weighted by atomic mass is 9.93. The van der Waals surface area contributed by atoms with Crippen molar-refractivity contribution in [3.63, 3.8) is 0 Å². The van der Waals surface area contributed by atoms with Crippen LogP contribution in [0.25, 0.3) is 11.3 Å². The number of nitrogens with one attached hydrogen (secondary N) is 2. The second-order valence-corrected chi connectivity index (χ2v) is 7.82. The zero-order valence-electron chi connectivity index (χ0n) is 13.9. The summed E-state index contributed by atoms with van der Waals surface area (Å²) in [7, 11) is 0. The number of carbonyl (C=O) groups excluding carboxylic acids is 2. The summed E-state index contributed by atoms with van der Waals surface area (Å²) in [6.45, 7) is 0.0391. The molecule has 0 spiro atoms. The predicted octanol–water partition coefficient (Wildman–Crippen LogP) is 3.29. The van der Waals surface area contributed by atoms with Crippen molar-refractivity contribution in [3.8, 4) is 17.0 Å². The summed E-state index contributed by atoms with van der Waals surface area (Å²) in [5.74, 6) is 1.56. The molecule has 0 saturated heterocycles. The van der Waals surface area contributed by atoms with E-state index in [-0.39, 0.29) is 24.3 Å². The van der Waals surface area contributed by atoms with E-state index in [1.165, 1.54) is 11.3 Å². The van der Waals surface area contributed by atoms with E-state index in [4.69, 9.17) is 4.74 Å². The van der Waals surface area contributed by atoms with Crippen LogP contribution >= 0.6 is 11.3 Å². The van der Waals surface area contributed by atoms with Gasteiger partial charge in [0.05, 0.1) is 11.4 Å². The van der Waals surface area contributed by atoms with E-state index in [2.05, 4.69) is 27.8 Å². The number of amides is 2. The molecule has 132 valence electrons. The third-order valence-corrected chi connectivity index (χ3v) is 6.02. The number of nitrogens with zero attached hydrogens (tertiary/aromatic N) is 1. The number of rotatable bonds is 3. The summed E-state index contributed by atoms with van der Waals surface area (Å²) < 4.78 is 5.37. The van der Waals surface area contributed by atoms with E-state index in [9.17, 15) is 9.59 Å². The Morgan fingerprint density at radius 2 is 2.23 bits per heavy atom. The molecule has 2 N–H and O–H groups in total. The van der Waals surface area contributed by atoms with Gasteiger partial charge < -0.3 is 15.4 Å². The molecule has 26 heavy (non-hydrogen) atoms. The van der Waals surface area contributed by atoms with Crippen molar-refractivity contribution in [2.45, 2.75) is 12.8 Å². The fraction of sp³-hybridized carbons (Fsp3) is 0.316. The normalized spacial score (nSPS) is 25.5. The smallest absolute Gasteiger partial charge is 0.262 e. The van der Waals surface area contributed by atoms with Crippen molar-refractivity contribution >= 4 is 34.0 Å². The second kappa shape index (κ2) is 5.95. The molecule has 1 fully saturated rings. The lowest BCUT2D eigenvalue weighted by Gasteiger charge is -2.18. The quantitative estimate of drug-likeness (QED) is 0.816. The fourth-order valence-electron chi connectivity index (χ4n) is 3.99. The van der Waals surface area contributed by atoms with Crippen LogP contribution < -0.4 is 15.4 Å². The van der Waals surface area contributed by atoms with Crippen LogP contribution in [0.5, 0.6) is 5.75 Å². The van der Waals surface area contributed by atoms with Gasteiger partial charge in [0.2, 0.25) is 5.91 Å². The Bertz CT molecular complexity index is 936. The Morgan fingerprint density at radius 1 is 1.31 bits per heavy atom. The van der Waals surface area contributed by atoms with Gasteiger partial charge in [-0.1, -0.05) is 12.2 Å². The van der Waals surface area contributed by atoms with Gasteiger partial charge in [0.15, 0.2) is 11.7 Å². The number of aromatic nitrogens is 1. The Morgan fingerprint density at radius 3 is 3.04 bits per heavy atom. The van der Waals surface area contributed by atoms with Crippen molar-refractivity contribution in [1.82, 2.24) is 4.98 Å². The van der Waals surface area contributed by atoms with Gasteiger partial charge >= 0.3 is 0 Å². The molecule has 1 aromatic carbocycles. The van der Waals surface area contributed by atoms with Gasteiger partial charge in [-0.05, 0) is 42.9 Å². The molecule has 3 unspecified atom stereocenters. The Labute approximate surface area is 154 Å². The molecule has 2 heterocycles. The highest BCUT2D eigenvalue weighted by Crippen LogP contribution is 2.44. The van der Waals surface area contributed by atoms with Gasteiger partial charge in [0.25, 0.3) is 5.91 Å². The molecule has 7 heteroatoms. The van der Waals surface area contributed by atoms with Crippen LogP contribution in [0, 0.1) is 17.8 Å². The van der Waals surface area contributed by atoms with E-state index in [1.807, 2.05) is 23.6 Å². The van der Waals surface area contributed by atoms with Crippen LogP contribution in [0.2, 0.25) is 0 Å². The largest absolute Gasteiger partial charge is 0.482 e. The zero-order valence-corrected chi connectivity index (χ0v) is 14.7. The summed E-state index contributed by atoms with van der Waals surface area (Å²) in [5.41, 5.74) is 2.28. The molecule has 1 aromatic heterocycles.